The number of hydrogen-bond donors (Lipinski definition) is 2. The Balaban J connectivity index is 1.82. The maximum atomic E-state index is 12.9. The maximum Gasteiger partial charge on any atom is 0.241 e. The minimum Gasteiger partial charge on any atom is -0.351 e. The van der Waals surface area contributed by atoms with Crippen LogP contribution in [0.3, 0.4) is 0 Å². The Bertz CT molecular complexity index is 929. The number of nitrogens with zero attached hydrogens (tertiary/aromatic N) is 2. The minimum absolute atomic E-state index is 0.258. The molecule has 8 heteroatoms. The first-order chi connectivity index (χ1) is 12.8. The largest absolute Gasteiger partial charge is 0.351 e. The van der Waals surface area contributed by atoms with Gasteiger partial charge in [0, 0.05) is 24.1 Å². The summed E-state index contributed by atoms with van der Waals surface area (Å²) in [4.78, 5) is 12.9. The molecule has 0 atom stereocenters. The second-order valence-corrected chi connectivity index (χ2v) is 9.42. The monoisotopic (exact) mass is 390 g/mol. The standard InChI is InChI=1S/C19H26N4O3S/c1-14-17(15(2)23(22-14)16-7-5-4-6-8-16)13-21-18(24)19(27(3,25)26)9-11-20-12-10-19/h4-8,20H,9-13H2,1-3H3,(H,21,24). The zero-order chi connectivity index (χ0) is 19.7. The number of aryl methyl sites for hydroxylation is 1. The lowest BCUT2D eigenvalue weighted by molar-refractivity contribution is -0.124. The second-order valence-electron chi connectivity index (χ2n) is 7.10. The Morgan fingerprint density at radius 1 is 1.22 bits per heavy atom. The van der Waals surface area contributed by atoms with Crippen LogP contribution in [0.25, 0.3) is 5.69 Å². The van der Waals surface area contributed by atoms with Crippen molar-refractivity contribution in [2.75, 3.05) is 19.3 Å². The molecule has 0 unspecified atom stereocenters. The predicted molar refractivity (Wildman–Crippen MR) is 105 cm³/mol. The lowest BCUT2D eigenvalue weighted by atomic mass is 9.95. The molecule has 0 bridgehead atoms. The Kier molecular flexibility index (Phi) is 5.39. The summed E-state index contributed by atoms with van der Waals surface area (Å²) >= 11 is 0. The number of hydrogen-bond acceptors (Lipinski definition) is 5. The Labute approximate surface area is 160 Å². The molecule has 1 aliphatic rings. The van der Waals surface area contributed by atoms with Crippen LogP contribution in [0.5, 0.6) is 0 Å². The van der Waals surface area contributed by atoms with Crippen LogP contribution in [0.2, 0.25) is 0 Å². The van der Waals surface area contributed by atoms with Gasteiger partial charge >= 0.3 is 0 Å². The number of nitrogens with one attached hydrogen (secondary N) is 2. The van der Waals surface area contributed by atoms with Gasteiger partial charge in [-0.15, -0.1) is 0 Å². The van der Waals surface area contributed by atoms with Gasteiger partial charge in [0.15, 0.2) is 14.6 Å². The summed E-state index contributed by atoms with van der Waals surface area (Å²) in [6, 6.07) is 9.77. The van der Waals surface area contributed by atoms with Crippen molar-refractivity contribution >= 4 is 15.7 Å². The van der Waals surface area contributed by atoms with Gasteiger partial charge in [-0.3, -0.25) is 4.79 Å². The highest BCUT2D eigenvalue weighted by molar-refractivity contribution is 7.92. The molecule has 1 aromatic carbocycles. The highest BCUT2D eigenvalue weighted by Gasteiger charge is 2.48. The second kappa shape index (κ2) is 7.44. The molecule has 1 aromatic heterocycles. The van der Waals surface area contributed by atoms with Gasteiger partial charge in [0.1, 0.15) is 0 Å². The van der Waals surface area contributed by atoms with E-state index in [4.69, 9.17) is 0 Å². The summed E-state index contributed by atoms with van der Waals surface area (Å²) < 4.78 is 25.2. The molecule has 2 heterocycles. The molecule has 1 amide bonds. The van der Waals surface area contributed by atoms with Crippen LogP contribution in [-0.2, 0) is 21.2 Å². The van der Waals surface area contributed by atoms with Crippen molar-refractivity contribution in [1.29, 1.82) is 0 Å². The predicted octanol–water partition coefficient (Wildman–Crippen LogP) is 1.27. The SMILES string of the molecule is Cc1nn(-c2ccccc2)c(C)c1CNC(=O)C1(S(C)(=O)=O)CCNCC1. The van der Waals surface area contributed by atoms with E-state index in [9.17, 15) is 13.2 Å². The number of aromatic nitrogens is 2. The van der Waals surface area contributed by atoms with Gasteiger partial charge in [-0.05, 0) is 51.9 Å². The zero-order valence-corrected chi connectivity index (χ0v) is 16.8. The highest BCUT2D eigenvalue weighted by atomic mass is 32.2. The molecule has 2 aromatic rings. The van der Waals surface area contributed by atoms with Gasteiger partial charge in [0.05, 0.1) is 11.4 Å². The average Bonchev–Trinajstić information content (AvgIpc) is 2.94. The van der Waals surface area contributed by atoms with Crippen LogP contribution in [0, 0.1) is 13.8 Å². The fraction of sp³-hybridized carbons (Fsp3) is 0.474. The van der Waals surface area contributed by atoms with E-state index in [0.717, 1.165) is 28.9 Å². The van der Waals surface area contributed by atoms with E-state index < -0.39 is 20.5 Å². The molecule has 1 saturated heterocycles. The zero-order valence-electron chi connectivity index (χ0n) is 15.9. The summed E-state index contributed by atoms with van der Waals surface area (Å²) in [5, 5.41) is 10.6. The number of carbonyl (C=O) groups excluding carboxylic acids is 1. The van der Waals surface area contributed by atoms with Crippen LogP contribution < -0.4 is 10.6 Å². The first-order valence-corrected chi connectivity index (χ1v) is 10.9. The van der Waals surface area contributed by atoms with E-state index in [2.05, 4.69) is 15.7 Å². The molecule has 3 rings (SSSR count). The Hall–Kier alpha value is -2.19. The Morgan fingerprint density at radius 2 is 1.85 bits per heavy atom. The van der Waals surface area contributed by atoms with E-state index in [1.165, 1.54) is 0 Å². The molecule has 1 fully saturated rings. The molecule has 0 spiro atoms. The van der Waals surface area contributed by atoms with Crippen molar-refractivity contribution in [2.24, 2.45) is 0 Å². The van der Waals surface area contributed by atoms with E-state index in [1.54, 1.807) is 0 Å². The quantitative estimate of drug-likeness (QED) is 0.802. The number of rotatable bonds is 5. The van der Waals surface area contributed by atoms with E-state index in [-0.39, 0.29) is 6.54 Å². The van der Waals surface area contributed by atoms with Crippen molar-refractivity contribution in [3.63, 3.8) is 0 Å². The molecule has 0 aliphatic carbocycles. The summed E-state index contributed by atoms with van der Waals surface area (Å²) in [7, 11) is -3.52. The molecular formula is C19H26N4O3S. The van der Waals surface area contributed by atoms with Crippen LogP contribution in [0.4, 0.5) is 0 Å². The van der Waals surface area contributed by atoms with Gasteiger partial charge in [-0.1, -0.05) is 18.2 Å². The van der Waals surface area contributed by atoms with Crippen LogP contribution in [-0.4, -0.2) is 48.2 Å². The first-order valence-electron chi connectivity index (χ1n) is 9.05. The molecular weight excluding hydrogens is 364 g/mol. The van der Waals surface area contributed by atoms with Crippen molar-refractivity contribution in [2.45, 2.75) is 38.0 Å². The number of carbonyl (C=O) groups is 1. The maximum absolute atomic E-state index is 12.9. The smallest absolute Gasteiger partial charge is 0.241 e. The lowest BCUT2D eigenvalue weighted by Crippen LogP contribution is -2.57. The van der Waals surface area contributed by atoms with Gasteiger partial charge in [-0.25, -0.2) is 13.1 Å². The normalized spacial score (nSPS) is 16.9. The highest BCUT2D eigenvalue weighted by Crippen LogP contribution is 2.28. The number of para-hydroxylation sites is 1. The van der Waals surface area contributed by atoms with Crippen molar-refractivity contribution in [3.05, 3.63) is 47.3 Å². The van der Waals surface area contributed by atoms with Crippen molar-refractivity contribution in [3.8, 4) is 5.69 Å². The fourth-order valence-electron chi connectivity index (χ4n) is 3.68. The first kappa shape index (κ1) is 19.6. The fourth-order valence-corrected chi connectivity index (χ4v) is 5.03. The Morgan fingerprint density at radius 3 is 2.44 bits per heavy atom. The number of benzene rings is 1. The molecule has 7 nitrogen and oxygen atoms in total. The third-order valence-corrected chi connectivity index (χ3v) is 7.42. The summed E-state index contributed by atoms with van der Waals surface area (Å²) in [6.07, 6.45) is 1.74. The summed E-state index contributed by atoms with van der Waals surface area (Å²) in [6.45, 7) is 5.14. The van der Waals surface area contributed by atoms with Crippen LogP contribution >= 0.6 is 0 Å². The average molecular weight is 391 g/mol. The third-order valence-electron chi connectivity index (χ3n) is 5.40. The lowest BCUT2D eigenvalue weighted by Gasteiger charge is -2.34. The van der Waals surface area contributed by atoms with E-state index in [1.807, 2.05) is 48.9 Å². The van der Waals surface area contributed by atoms with Crippen molar-refractivity contribution in [1.82, 2.24) is 20.4 Å². The summed E-state index contributed by atoms with van der Waals surface area (Å²) in [5.74, 6) is -0.419. The number of sulfone groups is 1. The van der Waals surface area contributed by atoms with Crippen LogP contribution in [0.1, 0.15) is 29.8 Å². The summed E-state index contributed by atoms with van der Waals surface area (Å²) in [5.41, 5.74) is 3.60. The number of piperidine rings is 1. The molecule has 0 saturated carbocycles. The minimum atomic E-state index is -3.52. The van der Waals surface area contributed by atoms with E-state index >= 15 is 0 Å². The van der Waals surface area contributed by atoms with Gasteiger partial charge in [0.25, 0.3) is 0 Å². The molecule has 1 aliphatic heterocycles. The third kappa shape index (κ3) is 3.64. The van der Waals surface area contributed by atoms with Crippen LogP contribution in [0.15, 0.2) is 30.3 Å². The number of amides is 1. The van der Waals surface area contributed by atoms with Gasteiger partial charge < -0.3 is 10.6 Å². The molecule has 0 radical (unpaired) electrons. The van der Waals surface area contributed by atoms with Gasteiger partial charge in [0.2, 0.25) is 5.91 Å². The van der Waals surface area contributed by atoms with Crippen molar-refractivity contribution < 1.29 is 13.2 Å². The van der Waals surface area contributed by atoms with Gasteiger partial charge in [-0.2, -0.15) is 5.10 Å². The molecule has 146 valence electrons. The molecule has 27 heavy (non-hydrogen) atoms. The topological polar surface area (TPSA) is 93.1 Å². The molecule has 2 N–H and O–H groups in total. The van der Waals surface area contributed by atoms with E-state index in [0.29, 0.717) is 25.9 Å².